The van der Waals surface area contributed by atoms with Crippen molar-refractivity contribution in [3.8, 4) is 0 Å². The van der Waals surface area contributed by atoms with E-state index in [1.54, 1.807) is 0 Å². The number of rotatable bonds is 2. The molecule has 0 bridgehead atoms. The Kier molecular flexibility index (Phi) is 3.42. The van der Waals surface area contributed by atoms with Crippen LogP contribution in [0.2, 0.25) is 0 Å². The molecule has 0 aromatic carbocycles. The molecule has 2 aliphatic rings. The topological polar surface area (TPSA) is 0 Å². The molecule has 0 aliphatic heterocycles. The van der Waals surface area contributed by atoms with Crippen molar-refractivity contribution in [3.05, 3.63) is 0 Å². The average Bonchev–Trinajstić information content (AvgIpc) is 2.56. The molecule has 0 heterocycles. The van der Waals surface area contributed by atoms with E-state index in [2.05, 4.69) is 27.7 Å². The molecule has 6 atom stereocenters. The molecule has 0 aromatic rings. The van der Waals surface area contributed by atoms with Crippen molar-refractivity contribution in [3.63, 3.8) is 0 Å². The standard InChI is InChI=1S/C15H28/c1-5-12-7-8-14-13(6-2)10(3)9-15(14)11(12)4/h10-15H,5-9H2,1-4H3. The van der Waals surface area contributed by atoms with E-state index in [9.17, 15) is 0 Å². The van der Waals surface area contributed by atoms with Crippen LogP contribution in [0.25, 0.3) is 0 Å². The van der Waals surface area contributed by atoms with Crippen LogP contribution in [0.1, 0.15) is 59.8 Å². The molecule has 88 valence electrons. The van der Waals surface area contributed by atoms with E-state index in [1.165, 1.54) is 32.1 Å². The fourth-order valence-corrected chi connectivity index (χ4v) is 4.85. The molecule has 0 saturated heterocycles. The second-order valence-electron chi connectivity index (χ2n) is 6.22. The van der Waals surface area contributed by atoms with Crippen LogP contribution in [0, 0.1) is 35.5 Å². The minimum absolute atomic E-state index is 1.00. The van der Waals surface area contributed by atoms with E-state index in [4.69, 9.17) is 0 Å². The van der Waals surface area contributed by atoms with E-state index >= 15 is 0 Å². The minimum atomic E-state index is 1.00. The van der Waals surface area contributed by atoms with Crippen LogP contribution in [0.15, 0.2) is 0 Å². The van der Waals surface area contributed by atoms with E-state index in [0.29, 0.717) is 0 Å². The highest BCUT2D eigenvalue weighted by molar-refractivity contribution is 4.95. The molecule has 2 rings (SSSR count). The molecule has 0 N–H and O–H groups in total. The zero-order valence-corrected chi connectivity index (χ0v) is 11.0. The summed E-state index contributed by atoms with van der Waals surface area (Å²) in [4.78, 5) is 0. The monoisotopic (exact) mass is 208 g/mol. The van der Waals surface area contributed by atoms with Gasteiger partial charge in [-0.05, 0) is 54.8 Å². The first-order chi connectivity index (χ1) is 7.19. The summed E-state index contributed by atoms with van der Waals surface area (Å²) in [7, 11) is 0. The van der Waals surface area contributed by atoms with Gasteiger partial charge in [-0.3, -0.25) is 0 Å². The third kappa shape index (κ3) is 1.85. The molecular weight excluding hydrogens is 180 g/mol. The van der Waals surface area contributed by atoms with Crippen LogP contribution in [-0.2, 0) is 0 Å². The predicted molar refractivity (Wildman–Crippen MR) is 66.7 cm³/mol. The molecule has 0 heteroatoms. The lowest BCUT2D eigenvalue weighted by Gasteiger charge is -2.39. The molecule has 2 aliphatic carbocycles. The number of hydrogen-bond acceptors (Lipinski definition) is 0. The average molecular weight is 208 g/mol. The van der Waals surface area contributed by atoms with Gasteiger partial charge in [0.25, 0.3) is 0 Å². The SMILES string of the molecule is CCC1CCC2C(CC)C(C)CC2C1C. The van der Waals surface area contributed by atoms with Gasteiger partial charge in [0.05, 0.1) is 0 Å². The first-order valence-electron chi connectivity index (χ1n) is 7.19. The van der Waals surface area contributed by atoms with Crippen molar-refractivity contribution in [1.29, 1.82) is 0 Å². The first-order valence-corrected chi connectivity index (χ1v) is 7.19. The Hall–Kier alpha value is 0. The molecule has 15 heavy (non-hydrogen) atoms. The van der Waals surface area contributed by atoms with Gasteiger partial charge in [-0.15, -0.1) is 0 Å². The number of hydrogen-bond donors (Lipinski definition) is 0. The Morgan fingerprint density at radius 3 is 2.27 bits per heavy atom. The zero-order chi connectivity index (χ0) is 11.0. The molecule has 2 saturated carbocycles. The van der Waals surface area contributed by atoms with Gasteiger partial charge in [-0.1, -0.05) is 40.5 Å². The summed E-state index contributed by atoms with van der Waals surface area (Å²) in [6.45, 7) is 9.83. The smallest absolute Gasteiger partial charge is 0.0352 e. The molecule has 2 fully saturated rings. The van der Waals surface area contributed by atoms with Crippen molar-refractivity contribution in [2.24, 2.45) is 35.5 Å². The van der Waals surface area contributed by atoms with Gasteiger partial charge < -0.3 is 0 Å². The van der Waals surface area contributed by atoms with Gasteiger partial charge in [0.2, 0.25) is 0 Å². The highest BCUT2D eigenvalue weighted by Crippen LogP contribution is 2.54. The van der Waals surface area contributed by atoms with E-state index in [1.807, 2.05) is 0 Å². The zero-order valence-electron chi connectivity index (χ0n) is 11.0. The third-order valence-corrected chi connectivity index (χ3v) is 5.76. The second kappa shape index (κ2) is 4.47. The van der Waals surface area contributed by atoms with Crippen molar-refractivity contribution < 1.29 is 0 Å². The van der Waals surface area contributed by atoms with Crippen LogP contribution in [0.5, 0.6) is 0 Å². The minimum Gasteiger partial charge on any atom is -0.0651 e. The normalized spacial score (nSPS) is 50.4. The maximum atomic E-state index is 2.54. The summed E-state index contributed by atoms with van der Waals surface area (Å²) in [5.41, 5.74) is 0. The Bertz CT molecular complexity index is 208. The fraction of sp³-hybridized carbons (Fsp3) is 1.00. The van der Waals surface area contributed by atoms with Gasteiger partial charge >= 0.3 is 0 Å². The molecule has 0 nitrogen and oxygen atoms in total. The Balaban J connectivity index is 2.09. The fourth-order valence-electron chi connectivity index (χ4n) is 4.85. The summed E-state index contributed by atoms with van der Waals surface area (Å²) in [5.74, 6) is 6.26. The largest absolute Gasteiger partial charge is 0.0651 e. The van der Waals surface area contributed by atoms with E-state index in [0.717, 1.165) is 35.5 Å². The van der Waals surface area contributed by atoms with Crippen LogP contribution < -0.4 is 0 Å². The predicted octanol–water partition coefficient (Wildman–Crippen LogP) is 4.74. The highest BCUT2D eigenvalue weighted by atomic mass is 14.5. The second-order valence-corrected chi connectivity index (χ2v) is 6.22. The number of fused-ring (bicyclic) bond motifs is 1. The van der Waals surface area contributed by atoms with Crippen LogP contribution in [0.3, 0.4) is 0 Å². The maximum absolute atomic E-state index is 2.54. The summed E-state index contributed by atoms with van der Waals surface area (Å²) in [6, 6.07) is 0. The van der Waals surface area contributed by atoms with Crippen molar-refractivity contribution in [2.75, 3.05) is 0 Å². The van der Waals surface area contributed by atoms with Gasteiger partial charge in [-0.2, -0.15) is 0 Å². The summed E-state index contributed by atoms with van der Waals surface area (Å²) < 4.78 is 0. The Labute approximate surface area is 95.8 Å². The molecular formula is C15H28. The molecule has 0 aromatic heterocycles. The van der Waals surface area contributed by atoms with Crippen LogP contribution >= 0.6 is 0 Å². The Morgan fingerprint density at radius 2 is 1.67 bits per heavy atom. The molecule has 6 unspecified atom stereocenters. The van der Waals surface area contributed by atoms with E-state index < -0.39 is 0 Å². The van der Waals surface area contributed by atoms with Crippen molar-refractivity contribution in [1.82, 2.24) is 0 Å². The van der Waals surface area contributed by atoms with Gasteiger partial charge in [-0.25, -0.2) is 0 Å². The molecule has 0 amide bonds. The van der Waals surface area contributed by atoms with Gasteiger partial charge in [0.15, 0.2) is 0 Å². The summed E-state index contributed by atoms with van der Waals surface area (Å²) in [5, 5.41) is 0. The quantitative estimate of drug-likeness (QED) is 0.615. The molecule has 0 radical (unpaired) electrons. The molecule has 0 spiro atoms. The summed E-state index contributed by atoms with van der Waals surface area (Å²) in [6.07, 6.45) is 7.42. The lowest BCUT2D eigenvalue weighted by atomic mass is 9.66. The first kappa shape index (κ1) is 11.5. The third-order valence-electron chi connectivity index (χ3n) is 5.76. The Morgan fingerprint density at radius 1 is 0.933 bits per heavy atom. The van der Waals surface area contributed by atoms with Gasteiger partial charge in [0, 0.05) is 0 Å². The van der Waals surface area contributed by atoms with E-state index in [-0.39, 0.29) is 0 Å². The summed E-state index contributed by atoms with van der Waals surface area (Å²) >= 11 is 0. The lowest BCUT2D eigenvalue weighted by Crippen LogP contribution is -2.31. The highest BCUT2D eigenvalue weighted by Gasteiger charge is 2.46. The maximum Gasteiger partial charge on any atom is -0.0352 e. The van der Waals surface area contributed by atoms with Crippen LogP contribution in [-0.4, -0.2) is 0 Å². The lowest BCUT2D eigenvalue weighted by molar-refractivity contribution is 0.101. The van der Waals surface area contributed by atoms with Crippen molar-refractivity contribution in [2.45, 2.75) is 59.8 Å². The van der Waals surface area contributed by atoms with Crippen molar-refractivity contribution >= 4 is 0 Å². The van der Waals surface area contributed by atoms with Crippen LogP contribution in [0.4, 0.5) is 0 Å². The van der Waals surface area contributed by atoms with Gasteiger partial charge in [0.1, 0.15) is 0 Å².